The zero-order chi connectivity index (χ0) is 7.84. The van der Waals surface area contributed by atoms with Crippen molar-refractivity contribution in [2.75, 3.05) is 5.75 Å². The van der Waals surface area contributed by atoms with Crippen LogP contribution in [0.1, 0.15) is 5.69 Å². The number of rotatable bonds is 0. The third-order valence-corrected chi connectivity index (χ3v) is 2.76. The molecule has 2 heterocycles. The van der Waals surface area contributed by atoms with Crippen LogP contribution in [0.3, 0.4) is 0 Å². The normalized spacial score (nSPS) is 14.5. The first-order valence-corrected chi connectivity index (χ1v) is 4.48. The number of fused-ring (bicyclic) bond motifs is 1. The Balaban J connectivity index is 2.63. The summed E-state index contributed by atoms with van der Waals surface area (Å²) in [4.78, 5) is 4.03. The van der Waals surface area contributed by atoms with E-state index in [9.17, 15) is 0 Å². The van der Waals surface area contributed by atoms with E-state index >= 15 is 0 Å². The van der Waals surface area contributed by atoms with Gasteiger partial charge in [-0.05, 0) is 0 Å². The first-order chi connectivity index (χ1) is 5.33. The maximum absolute atomic E-state index is 8.67. The van der Waals surface area contributed by atoms with Gasteiger partial charge in [-0.15, -0.1) is 0 Å². The molecule has 0 amide bonds. The summed E-state index contributed by atoms with van der Waals surface area (Å²) in [5.74, 6) is 0.994. The average Bonchev–Trinajstić information content (AvgIpc) is 2.46. The van der Waals surface area contributed by atoms with Crippen molar-refractivity contribution >= 4 is 23.4 Å². The number of aromatic nitrogens is 2. The number of hydrogen-bond donors (Lipinski definition) is 0. The maximum atomic E-state index is 8.67. The SMILES string of the molecule is N#Cc1c(Cl)nc2n1CCS2. The molecule has 1 aliphatic heterocycles. The molecule has 0 saturated heterocycles. The standard InChI is InChI=1S/C6H4ClN3S/c7-5-4(3-8)10-1-2-11-6(10)9-5/h1-2H2. The number of thioether (sulfide) groups is 1. The van der Waals surface area contributed by atoms with E-state index in [1.165, 1.54) is 0 Å². The van der Waals surface area contributed by atoms with Crippen molar-refractivity contribution in [3.8, 4) is 6.07 Å². The molecule has 0 aliphatic carbocycles. The predicted octanol–water partition coefficient (Wildman–Crippen LogP) is 1.51. The molecule has 0 unspecified atom stereocenters. The smallest absolute Gasteiger partial charge is 0.170 e. The van der Waals surface area contributed by atoms with Crippen molar-refractivity contribution in [2.45, 2.75) is 11.7 Å². The van der Waals surface area contributed by atoms with Gasteiger partial charge in [-0.1, -0.05) is 23.4 Å². The molecule has 56 valence electrons. The first-order valence-electron chi connectivity index (χ1n) is 3.12. The van der Waals surface area contributed by atoms with Gasteiger partial charge in [0.05, 0.1) is 0 Å². The zero-order valence-electron chi connectivity index (χ0n) is 5.54. The van der Waals surface area contributed by atoms with E-state index in [1.54, 1.807) is 11.8 Å². The molecule has 0 aromatic carbocycles. The Morgan fingerprint density at radius 1 is 1.73 bits per heavy atom. The van der Waals surface area contributed by atoms with Gasteiger partial charge < -0.3 is 4.57 Å². The molecule has 0 atom stereocenters. The van der Waals surface area contributed by atoms with Gasteiger partial charge in [0, 0.05) is 12.3 Å². The van der Waals surface area contributed by atoms with Gasteiger partial charge in [0.2, 0.25) is 0 Å². The number of nitrogens with zero attached hydrogens (tertiary/aromatic N) is 3. The quantitative estimate of drug-likeness (QED) is 0.616. The average molecular weight is 186 g/mol. The minimum Gasteiger partial charge on any atom is -0.309 e. The van der Waals surface area contributed by atoms with Gasteiger partial charge in [-0.3, -0.25) is 0 Å². The molecular formula is C6H4ClN3S. The second-order valence-corrected chi connectivity index (χ2v) is 3.57. The second-order valence-electron chi connectivity index (χ2n) is 2.15. The third kappa shape index (κ3) is 0.924. The lowest BCUT2D eigenvalue weighted by molar-refractivity contribution is 0.710. The summed E-state index contributed by atoms with van der Waals surface area (Å²) in [5.41, 5.74) is 0.492. The minimum absolute atomic E-state index is 0.328. The summed E-state index contributed by atoms with van der Waals surface area (Å²) >= 11 is 7.33. The maximum Gasteiger partial charge on any atom is 0.170 e. The predicted molar refractivity (Wildman–Crippen MR) is 42.7 cm³/mol. The summed E-state index contributed by atoms with van der Waals surface area (Å²) in [5, 5.41) is 9.86. The van der Waals surface area contributed by atoms with Crippen LogP contribution in [0.4, 0.5) is 0 Å². The van der Waals surface area contributed by atoms with E-state index < -0.39 is 0 Å². The summed E-state index contributed by atoms with van der Waals surface area (Å²) in [7, 11) is 0. The third-order valence-electron chi connectivity index (χ3n) is 1.54. The van der Waals surface area contributed by atoms with Crippen LogP contribution in [0.2, 0.25) is 5.15 Å². The molecule has 0 spiro atoms. The van der Waals surface area contributed by atoms with Crippen LogP contribution in [-0.4, -0.2) is 15.3 Å². The zero-order valence-corrected chi connectivity index (χ0v) is 7.11. The highest BCUT2D eigenvalue weighted by Gasteiger charge is 2.19. The number of halogens is 1. The van der Waals surface area contributed by atoms with Gasteiger partial charge in [-0.25, -0.2) is 4.98 Å². The fraction of sp³-hybridized carbons (Fsp3) is 0.333. The molecule has 5 heteroatoms. The Kier molecular flexibility index (Phi) is 1.55. The molecule has 1 aliphatic rings. The Morgan fingerprint density at radius 3 is 3.27 bits per heavy atom. The van der Waals surface area contributed by atoms with Crippen molar-refractivity contribution in [3.05, 3.63) is 10.8 Å². The summed E-state index contributed by atoms with van der Waals surface area (Å²) in [6.07, 6.45) is 0. The van der Waals surface area contributed by atoms with Gasteiger partial charge in [-0.2, -0.15) is 5.26 Å². The molecule has 0 fully saturated rings. The Labute approximate surface area is 73.0 Å². The van der Waals surface area contributed by atoms with Crippen LogP contribution < -0.4 is 0 Å². The van der Waals surface area contributed by atoms with E-state index in [1.807, 2.05) is 10.6 Å². The van der Waals surface area contributed by atoms with Crippen molar-refractivity contribution < 1.29 is 0 Å². The van der Waals surface area contributed by atoms with E-state index in [2.05, 4.69) is 4.98 Å². The van der Waals surface area contributed by atoms with Crippen LogP contribution in [-0.2, 0) is 6.54 Å². The minimum atomic E-state index is 0.328. The lowest BCUT2D eigenvalue weighted by atomic mass is 10.5. The molecule has 1 aromatic heterocycles. The van der Waals surface area contributed by atoms with E-state index in [4.69, 9.17) is 16.9 Å². The van der Waals surface area contributed by atoms with Crippen LogP contribution in [0.15, 0.2) is 5.16 Å². The molecule has 2 rings (SSSR count). The van der Waals surface area contributed by atoms with Gasteiger partial charge in [0.1, 0.15) is 6.07 Å². The molecule has 0 bridgehead atoms. The van der Waals surface area contributed by atoms with E-state index in [0.29, 0.717) is 10.8 Å². The van der Waals surface area contributed by atoms with Crippen LogP contribution in [0.5, 0.6) is 0 Å². The number of nitriles is 1. The molecule has 0 N–H and O–H groups in total. The van der Waals surface area contributed by atoms with Crippen LogP contribution in [0, 0.1) is 11.3 Å². The second kappa shape index (κ2) is 2.43. The lowest BCUT2D eigenvalue weighted by Gasteiger charge is -1.92. The van der Waals surface area contributed by atoms with Crippen LogP contribution >= 0.6 is 23.4 Å². The fourth-order valence-electron chi connectivity index (χ4n) is 1.06. The van der Waals surface area contributed by atoms with Crippen molar-refractivity contribution in [2.24, 2.45) is 0 Å². The molecule has 11 heavy (non-hydrogen) atoms. The summed E-state index contributed by atoms with van der Waals surface area (Å²) in [6.45, 7) is 0.850. The van der Waals surface area contributed by atoms with Crippen molar-refractivity contribution in [3.63, 3.8) is 0 Å². The highest BCUT2D eigenvalue weighted by atomic mass is 35.5. The number of hydrogen-bond acceptors (Lipinski definition) is 3. The van der Waals surface area contributed by atoms with Crippen LogP contribution in [0.25, 0.3) is 0 Å². The highest BCUT2D eigenvalue weighted by molar-refractivity contribution is 7.99. The van der Waals surface area contributed by atoms with Gasteiger partial charge in [0.15, 0.2) is 16.0 Å². The fourth-order valence-corrected chi connectivity index (χ4v) is 2.28. The Hall–Kier alpha value is -0.660. The van der Waals surface area contributed by atoms with E-state index in [0.717, 1.165) is 17.5 Å². The summed E-state index contributed by atoms with van der Waals surface area (Å²) < 4.78 is 1.85. The highest BCUT2D eigenvalue weighted by Crippen LogP contribution is 2.29. The molecule has 3 nitrogen and oxygen atoms in total. The largest absolute Gasteiger partial charge is 0.309 e. The van der Waals surface area contributed by atoms with Crippen molar-refractivity contribution in [1.29, 1.82) is 5.26 Å². The topological polar surface area (TPSA) is 41.6 Å². The molecule has 1 aromatic rings. The molecule has 0 radical (unpaired) electrons. The van der Waals surface area contributed by atoms with Gasteiger partial charge >= 0.3 is 0 Å². The molecule has 0 saturated carbocycles. The number of imidazole rings is 1. The van der Waals surface area contributed by atoms with E-state index in [-0.39, 0.29) is 0 Å². The van der Waals surface area contributed by atoms with Crippen molar-refractivity contribution in [1.82, 2.24) is 9.55 Å². The Morgan fingerprint density at radius 2 is 2.55 bits per heavy atom. The monoisotopic (exact) mass is 185 g/mol. The summed E-state index contributed by atoms with van der Waals surface area (Å²) in [6, 6.07) is 2.03. The first kappa shape index (κ1) is 7.01. The Bertz CT molecular complexity index is 338. The molecular weight excluding hydrogens is 182 g/mol. The van der Waals surface area contributed by atoms with Gasteiger partial charge in [0.25, 0.3) is 0 Å². The lowest BCUT2D eigenvalue weighted by Crippen LogP contribution is -1.96.